The molecule has 0 unspecified atom stereocenters. The molecule has 100 valence electrons. The molecule has 2 rings (SSSR count). The van der Waals surface area contributed by atoms with Crippen LogP contribution in [0.2, 0.25) is 0 Å². The van der Waals surface area contributed by atoms with Crippen molar-refractivity contribution in [2.75, 3.05) is 31.3 Å². The van der Waals surface area contributed by atoms with Crippen molar-refractivity contribution < 1.29 is 4.74 Å². The molecule has 2 aromatic rings. The quantitative estimate of drug-likeness (QED) is 0.885. The molecule has 0 saturated heterocycles. The van der Waals surface area contributed by atoms with Crippen LogP contribution in [0.1, 0.15) is 5.56 Å². The Balaban J connectivity index is 2.08. The topological polar surface area (TPSA) is 64.3 Å². The molecule has 0 aliphatic rings. The SMILES string of the molecule is COc1c(N)ncnc1N(C)CCc1ccccc1. The van der Waals surface area contributed by atoms with Crippen molar-refractivity contribution in [3.8, 4) is 5.75 Å². The number of nitrogen functional groups attached to an aromatic ring is 1. The van der Waals surface area contributed by atoms with E-state index in [4.69, 9.17) is 10.5 Å². The summed E-state index contributed by atoms with van der Waals surface area (Å²) in [6, 6.07) is 10.3. The minimum atomic E-state index is 0.360. The zero-order valence-electron chi connectivity index (χ0n) is 11.2. The van der Waals surface area contributed by atoms with E-state index in [1.54, 1.807) is 7.11 Å². The minimum absolute atomic E-state index is 0.360. The Morgan fingerprint density at radius 2 is 1.95 bits per heavy atom. The number of nitrogens with zero attached hydrogens (tertiary/aromatic N) is 3. The summed E-state index contributed by atoms with van der Waals surface area (Å²) >= 11 is 0. The molecule has 0 amide bonds. The molecule has 0 spiro atoms. The van der Waals surface area contributed by atoms with Crippen molar-refractivity contribution in [3.63, 3.8) is 0 Å². The molecule has 0 radical (unpaired) electrons. The number of benzene rings is 1. The first-order valence-corrected chi connectivity index (χ1v) is 6.12. The molecule has 5 nitrogen and oxygen atoms in total. The average Bonchev–Trinajstić information content (AvgIpc) is 2.45. The van der Waals surface area contributed by atoms with Gasteiger partial charge in [0.05, 0.1) is 7.11 Å². The Morgan fingerprint density at radius 3 is 2.63 bits per heavy atom. The van der Waals surface area contributed by atoms with E-state index >= 15 is 0 Å². The van der Waals surface area contributed by atoms with Crippen LogP contribution in [0, 0.1) is 0 Å². The molecule has 0 aliphatic heterocycles. The lowest BCUT2D eigenvalue weighted by Crippen LogP contribution is -2.22. The summed E-state index contributed by atoms with van der Waals surface area (Å²) in [6.07, 6.45) is 2.39. The number of rotatable bonds is 5. The third kappa shape index (κ3) is 3.13. The first-order valence-electron chi connectivity index (χ1n) is 6.12. The molecule has 0 aliphatic carbocycles. The Hall–Kier alpha value is -2.30. The predicted molar refractivity (Wildman–Crippen MR) is 76.4 cm³/mol. The van der Waals surface area contributed by atoms with Crippen LogP contribution in [0.4, 0.5) is 11.6 Å². The summed E-state index contributed by atoms with van der Waals surface area (Å²) in [6.45, 7) is 0.830. The number of ether oxygens (including phenoxy) is 1. The van der Waals surface area contributed by atoms with Crippen molar-refractivity contribution in [1.82, 2.24) is 9.97 Å². The summed E-state index contributed by atoms with van der Waals surface area (Å²) in [5, 5.41) is 0. The van der Waals surface area contributed by atoms with Crippen LogP contribution in [0.3, 0.4) is 0 Å². The number of aromatic nitrogens is 2. The standard InChI is InChI=1S/C14H18N4O/c1-18(9-8-11-6-4-3-5-7-11)14-12(19-2)13(15)16-10-17-14/h3-7,10H,8-9H2,1-2H3,(H2,15,16,17). The molecular weight excluding hydrogens is 240 g/mol. The smallest absolute Gasteiger partial charge is 0.204 e. The molecule has 0 bridgehead atoms. The second-order valence-corrected chi connectivity index (χ2v) is 4.27. The first kappa shape index (κ1) is 13.1. The maximum atomic E-state index is 5.77. The molecule has 0 saturated carbocycles. The minimum Gasteiger partial charge on any atom is -0.490 e. The van der Waals surface area contributed by atoms with Gasteiger partial charge < -0.3 is 15.4 Å². The van der Waals surface area contributed by atoms with E-state index in [9.17, 15) is 0 Å². The van der Waals surface area contributed by atoms with Gasteiger partial charge >= 0.3 is 0 Å². The van der Waals surface area contributed by atoms with Gasteiger partial charge in [0.2, 0.25) is 5.75 Å². The van der Waals surface area contributed by atoms with Crippen LogP contribution in [0.15, 0.2) is 36.7 Å². The zero-order valence-corrected chi connectivity index (χ0v) is 11.2. The van der Waals surface area contributed by atoms with Crippen LogP contribution in [-0.4, -0.2) is 30.7 Å². The fourth-order valence-corrected chi connectivity index (χ4v) is 1.89. The van der Waals surface area contributed by atoms with E-state index in [1.165, 1.54) is 11.9 Å². The van der Waals surface area contributed by atoms with E-state index in [0.29, 0.717) is 17.4 Å². The third-order valence-corrected chi connectivity index (χ3v) is 2.96. The monoisotopic (exact) mass is 258 g/mol. The summed E-state index contributed by atoms with van der Waals surface area (Å²) < 4.78 is 5.26. The maximum Gasteiger partial charge on any atom is 0.204 e. The normalized spacial score (nSPS) is 10.2. The zero-order chi connectivity index (χ0) is 13.7. The second kappa shape index (κ2) is 6.04. The number of anilines is 2. The molecule has 2 N–H and O–H groups in total. The number of hydrogen-bond donors (Lipinski definition) is 1. The third-order valence-electron chi connectivity index (χ3n) is 2.96. The molecule has 19 heavy (non-hydrogen) atoms. The van der Waals surface area contributed by atoms with Crippen LogP contribution >= 0.6 is 0 Å². The van der Waals surface area contributed by atoms with Gasteiger partial charge in [-0.3, -0.25) is 0 Å². The average molecular weight is 258 g/mol. The van der Waals surface area contributed by atoms with E-state index in [2.05, 4.69) is 22.1 Å². The van der Waals surface area contributed by atoms with Crippen LogP contribution in [0.5, 0.6) is 5.75 Å². The van der Waals surface area contributed by atoms with Gasteiger partial charge in [-0.2, -0.15) is 0 Å². The maximum absolute atomic E-state index is 5.77. The van der Waals surface area contributed by atoms with E-state index in [-0.39, 0.29) is 0 Å². The lowest BCUT2D eigenvalue weighted by molar-refractivity contribution is 0.413. The Labute approximate surface area is 113 Å². The van der Waals surface area contributed by atoms with E-state index < -0.39 is 0 Å². The molecular formula is C14H18N4O. The van der Waals surface area contributed by atoms with Gasteiger partial charge in [0.25, 0.3) is 0 Å². The van der Waals surface area contributed by atoms with Gasteiger partial charge in [0.1, 0.15) is 6.33 Å². The fraction of sp³-hybridized carbons (Fsp3) is 0.286. The second-order valence-electron chi connectivity index (χ2n) is 4.27. The molecule has 1 aromatic carbocycles. The molecule has 0 fully saturated rings. The Bertz CT molecular complexity index is 530. The molecule has 1 aromatic heterocycles. The van der Waals surface area contributed by atoms with Crippen molar-refractivity contribution in [3.05, 3.63) is 42.2 Å². The number of nitrogens with two attached hydrogens (primary N) is 1. The summed E-state index contributed by atoms with van der Waals surface area (Å²) in [5.41, 5.74) is 7.06. The molecule has 0 atom stereocenters. The van der Waals surface area contributed by atoms with Gasteiger partial charge in [-0.15, -0.1) is 0 Å². The van der Waals surface area contributed by atoms with E-state index in [0.717, 1.165) is 13.0 Å². The Morgan fingerprint density at radius 1 is 1.21 bits per heavy atom. The van der Waals surface area contributed by atoms with Crippen molar-refractivity contribution in [1.29, 1.82) is 0 Å². The number of hydrogen-bond acceptors (Lipinski definition) is 5. The van der Waals surface area contributed by atoms with Gasteiger partial charge in [0.15, 0.2) is 11.6 Å². The number of likely N-dealkylation sites (N-methyl/N-ethyl adjacent to an activating group) is 1. The Kier molecular flexibility index (Phi) is 4.18. The van der Waals surface area contributed by atoms with E-state index in [1.807, 2.05) is 30.1 Å². The van der Waals surface area contributed by atoms with Crippen LogP contribution in [-0.2, 0) is 6.42 Å². The highest BCUT2D eigenvalue weighted by atomic mass is 16.5. The fourth-order valence-electron chi connectivity index (χ4n) is 1.89. The van der Waals surface area contributed by atoms with Crippen molar-refractivity contribution in [2.45, 2.75) is 6.42 Å². The lowest BCUT2D eigenvalue weighted by Gasteiger charge is -2.20. The lowest BCUT2D eigenvalue weighted by atomic mass is 10.1. The summed E-state index contributed by atoms with van der Waals surface area (Å²) in [7, 11) is 3.54. The van der Waals surface area contributed by atoms with Crippen LogP contribution < -0.4 is 15.4 Å². The van der Waals surface area contributed by atoms with Crippen molar-refractivity contribution in [2.24, 2.45) is 0 Å². The molecule has 1 heterocycles. The highest BCUT2D eigenvalue weighted by Crippen LogP contribution is 2.28. The van der Waals surface area contributed by atoms with Crippen LogP contribution in [0.25, 0.3) is 0 Å². The number of methoxy groups -OCH3 is 1. The van der Waals surface area contributed by atoms with Gasteiger partial charge in [0, 0.05) is 13.6 Å². The highest BCUT2D eigenvalue weighted by molar-refractivity contribution is 5.62. The van der Waals surface area contributed by atoms with Gasteiger partial charge in [-0.1, -0.05) is 30.3 Å². The summed E-state index contributed by atoms with van der Waals surface area (Å²) in [4.78, 5) is 10.2. The largest absolute Gasteiger partial charge is 0.490 e. The summed E-state index contributed by atoms with van der Waals surface area (Å²) in [5.74, 6) is 1.60. The van der Waals surface area contributed by atoms with Gasteiger partial charge in [-0.05, 0) is 12.0 Å². The first-order chi connectivity index (χ1) is 9.22. The highest BCUT2D eigenvalue weighted by Gasteiger charge is 2.13. The van der Waals surface area contributed by atoms with Gasteiger partial charge in [-0.25, -0.2) is 9.97 Å². The molecule has 5 heteroatoms. The van der Waals surface area contributed by atoms with Crippen molar-refractivity contribution >= 4 is 11.6 Å². The predicted octanol–water partition coefficient (Wildman–Crippen LogP) is 1.75.